The van der Waals surface area contributed by atoms with E-state index in [2.05, 4.69) is 10.3 Å². The summed E-state index contributed by atoms with van der Waals surface area (Å²) in [6.45, 7) is 2.44. The van der Waals surface area contributed by atoms with Crippen molar-refractivity contribution in [1.29, 1.82) is 0 Å². The van der Waals surface area contributed by atoms with Crippen molar-refractivity contribution in [2.45, 2.75) is 19.5 Å². The number of hydrogen-bond acceptors (Lipinski definition) is 5. The first-order valence-corrected chi connectivity index (χ1v) is 6.16. The number of carbonyl (C=O) groups is 1. The highest BCUT2D eigenvalue weighted by Gasteiger charge is 2.14. The quantitative estimate of drug-likeness (QED) is 0.841. The van der Waals surface area contributed by atoms with Crippen LogP contribution >= 0.6 is 0 Å². The molecule has 20 heavy (non-hydrogen) atoms. The van der Waals surface area contributed by atoms with Gasteiger partial charge in [0.2, 0.25) is 11.6 Å². The van der Waals surface area contributed by atoms with Crippen LogP contribution in [-0.4, -0.2) is 23.2 Å². The molecule has 106 valence electrons. The summed E-state index contributed by atoms with van der Waals surface area (Å²) in [5.74, 6) is 0.00751. The summed E-state index contributed by atoms with van der Waals surface area (Å²) in [5.41, 5.74) is 0.923. The van der Waals surface area contributed by atoms with Crippen molar-refractivity contribution in [3.8, 4) is 5.88 Å². The zero-order chi connectivity index (χ0) is 14.5. The van der Waals surface area contributed by atoms with Gasteiger partial charge in [-0.1, -0.05) is 6.07 Å². The Morgan fingerprint density at radius 2 is 2.30 bits per heavy atom. The summed E-state index contributed by atoms with van der Waals surface area (Å²) in [6, 6.07) is 6.73. The molecule has 2 N–H and O–H groups in total. The van der Waals surface area contributed by atoms with Gasteiger partial charge in [0.25, 0.3) is 0 Å². The van der Waals surface area contributed by atoms with Crippen molar-refractivity contribution >= 4 is 5.97 Å². The molecule has 6 heteroatoms. The lowest BCUT2D eigenvalue weighted by atomic mass is 10.2. The minimum Gasteiger partial charge on any atom is -0.481 e. The highest BCUT2D eigenvalue weighted by molar-refractivity contribution is 5.84. The maximum absolute atomic E-state index is 10.8. The fourth-order valence-corrected chi connectivity index (χ4v) is 1.81. The van der Waals surface area contributed by atoms with E-state index < -0.39 is 5.97 Å². The van der Waals surface area contributed by atoms with Crippen LogP contribution in [0.1, 0.15) is 34.8 Å². The molecule has 2 aromatic rings. The summed E-state index contributed by atoms with van der Waals surface area (Å²) < 4.78 is 10.4. The third kappa shape index (κ3) is 3.16. The Morgan fingerprint density at radius 1 is 1.50 bits per heavy atom. The molecule has 0 radical (unpaired) electrons. The largest absolute Gasteiger partial charge is 0.481 e. The standard InChI is InChI=1S/C14H16N2O4/c1-9(11-5-6-12(20-11)14(17)18)16-8-10-4-3-7-15-13(10)19-2/h3-7,9,16H,8H2,1-2H3,(H,17,18). The second-order valence-electron chi connectivity index (χ2n) is 4.28. The van der Waals surface area contributed by atoms with E-state index in [1.54, 1.807) is 19.4 Å². The summed E-state index contributed by atoms with van der Waals surface area (Å²) >= 11 is 0. The van der Waals surface area contributed by atoms with E-state index in [0.717, 1.165) is 5.56 Å². The smallest absolute Gasteiger partial charge is 0.371 e. The summed E-state index contributed by atoms with van der Waals surface area (Å²) in [6.07, 6.45) is 1.66. The Balaban J connectivity index is 2.00. The molecule has 6 nitrogen and oxygen atoms in total. The number of nitrogens with zero attached hydrogens (tertiary/aromatic N) is 1. The first-order chi connectivity index (χ1) is 9.61. The summed E-state index contributed by atoms with van der Waals surface area (Å²) in [7, 11) is 1.57. The number of aromatic carboxylic acids is 1. The molecule has 0 saturated carbocycles. The number of rotatable bonds is 6. The van der Waals surface area contributed by atoms with Crippen molar-refractivity contribution in [1.82, 2.24) is 10.3 Å². The topological polar surface area (TPSA) is 84.6 Å². The number of carboxylic acids is 1. The average molecular weight is 276 g/mol. The molecular weight excluding hydrogens is 260 g/mol. The molecule has 1 atom stereocenters. The molecule has 0 amide bonds. The molecule has 0 aromatic carbocycles. The Morgan fingerprint density at radius 3 is 2.95 bits per heavy atom. The first kappa shape index (κ1) is 14.1. The fourth-order valence-electron chi connectivity index (χ4n) is 1.81. The van der Waals surface area contributed by atoms with Crippen LogP contribution in [0.3, 0.4) is 0 Å². The SMILES string of the molecule is COc1ncccc1CNC(C)c1ccc(C(=O)O)o1. The number of aromatic nitrogens is 1. The van der Waals surface area contributed by atoms with E-state index >= 15 is 0 Å². The molecule has 0 aliphatic carbocycles. The predicted octanol–water partition coefficient (Wildman–Crippen LogP) is 2.23. The number of methoxy groups -OCH3 is 1. The van der Waals surface area contributed by atoms with Gasteiger partial charge in [-0.05, 0) is 25.1 Å². The molecule has 0 bridgehead atoms. The van der Waals surface area contributed by atoms with Gasteiger partial charge in [-0.3, -0.25) is 0 Å². The van der Waals surface area contributed by atoms with Crippen molar-refractivity contribution < 1.29 is 19.1 Å². The van der Waals surface area contributed by atoms with E-state index in [-0.39, 0.29) is 11.8 Å². The van der Waals surface area contributed by atoms with Gasteiger partial charge < -0.3 is 19.6 Å². The molecule has 1 unspecified atom stereocenters. The Hall–Kier alpha value is -2.34. The normalized spacial score (nSPS) is 12.1. The van der Waals surface area contributed by atoms with Crippen LogP contribution in [0.25, 0.3) is 0 Å². The third-order valence-electron chi connectivity index (χ3n) is 2.91. The molecule has 2 heterocycles. The van der Waals surface area contributed by atoms with Gasteiger partial charge in [0, 0.05) is 18.3 Å². The second-order valence-corrected chi connectivity index (χ2v) is 4.28. The highest BCUT2D eigenvalue weighted by Crippen LogP contribution is 2.19. The summed E-state index contributed by atoms with van der Waals surface area (Å²) in [5, 5.41) is 12.1. The van der Waals surface area contributed by atoms with Crippen LogP contribution in [0.15, 0.2) is 34.9 Å². The monoisotopic (exact) mass is 276 g/mol. The van der Waals surface area contributed by atoms with Gasteiger partial charge in [-0.2, -0.15) is 0 Å². The minimum atomic E-state index is -1.07. The molecule has 0 aliphatic rings. The van der Waals surface area contributed by atoms with E-state index in [1.807, 2.05) is 19.1 Å². The average Bonchev–Trinajstić information content (AvgIpc) is 2.95. The third-order valence-corrected chi connectivity index (χ3v) is 2.91. The van der Waals surface area contributed by atoms with Gasteiger partial charge in [0.1, 0.15) is 5.76 Å². The molecule has 0 fully saturated rings. The van der Waals surface area contributed by atoms with Crippen LogP contribution in [0.4, 0.5) is 0 Å². The molecule has 0 aliphatic heterocycles. The van der Waals surface area contributed by atoms with Crippen LogP contribution in [0, 0.1) is 0 Å². The molecular formula is C14H16N2O4. The number of furan rings is 1. The summed E-state index contributed by atoms with van der Waals surface area (Å²) in [4.78, 5) is 14.9. The van der Waals surface area contributed by atoms with Crippen molar-refractivity contribution in [3.05, 3.63) is 47.5 Å². The van der Waals surface area contributed by atoms with Crippen molar-refractivity contribution in [3.63, 3.8) is 0 Å². The number of hydrogen-bond donors (Lipinski definition) is 2. The van der Waals surface area contributed by atoms with Gasteiger partial charge in [-0.15, -0.1) is 0 Å². The van der Waals surface area contributed by atoms with Crippen LogP contribution in [0.2, 0.25) is 0 Å². The lowest BCUT2D eigenvalue weighted by Crippen LogP contribution is -2.18. The van der Waals surface area contributed by atoms with Crippen LogP contribution in [-0.2, 0) is 6.54 Å². The number of carboxylic acid groups (broad SMARTS) is 1. The van der Waals surface area contributed by atoms with E-state index in [4.69, 9.17) is 14.3 Å². The van der Waals surface area contributed by atoms with Gasteiger partial charge in [-0.25, -0.2) is 9.78 Å². The lowest BCUT2D eigenvalue weighted by Gasteiger charge is -2.12. The first-order valence-electron chi connectivity index (χ1n) is 6.16. The molecule has 0 saturated heterocycles. The van der Waals surface area contributed by atoms with Gasteiger partial charge in [0.15, 0.2) is 0 Å². The Labute approximate surface area is 116 Å². The van der Waals surface area contributed by atoms with E-state index in [1.165, 1.54) is 6.07 Å². The zero-order valence-electron chi connectivity index (χ0n) is 11.3. The minimum absolute atomic E-state index is 0.0624. The Bertz CT molecular complexity index is 594. The number of ether oxygens (including phenoxy) is 1. The fraction of sp³-hybridized carbons (Fsp3) is 0.286. The van der Waals surface area contributed by atoms with Gasteiger partial charge in [0.05, 0.1) is 13.2 Å². The molecule has 2 aromatic heterocycles. The van der Waals surface area contributed by atoms with E-state index in [9.17, 15) is 4.79 Å². The van der Waals surface area contributed by atoms with Gasteiger partial charge >= 0.3 is 5.97 Å². The lowest BCUT2D eigenvalue weighted by molar-refractivity contribution is 0.0659. The second kappa shape index (κ2) is 6.21. The maximum Gasteiger partial charge on any atom is 0.371 e. The maximum atomic E-state index is 10.8. The highest BCUT2D eigenvalue weighted by atomic mass is 16.5. The van der Waals surface area contributed by atoms with Crippen molar-refractivity contribution in [2.24, 2.45) is 0 Å². The predicted molar refractivity (Wildman–Crippen MR) is 71.7 cm³/mol. The Kier molecular flexibility index (Phi) is 4.37. The number of pyridine rings is 1. The molecule has 2 rings (SSSR count). The van der Waals surface area contributed by atoms with Crippen molar-refractivity contribution in [2.75, 3.05) is 7.11 Å². The zero-order valence-corrected chi connectivity index (χ0v) is 11.3. The number of nitrogens with one attached hydrogen (secondary N) is 1. The van der Waals surface area contributed by atoms with Crippen LogP contribution in [0.5, 0.6) is 5.88 Å². The van der Waals surface area contributed by atoms with E-state index in [0.29, 0.717) is 18.2 Å². The van der Waals surface area contributed by atoms with Crippen LogP contribution < -0.4 is 10.1 Å². The molecule has 0 spiro atoms.